The maximum Gasteiger partial charge on any atom is 0.175 e. The third-order valence-corrected chi connectivity index (χ3v) is 9.61. The average Bonchev–Trinajstić information content (AvgIpc) is 2.96. The fourth-order valence-corrected chi connectivity index (χ4v) is 7.69. The summed E-state index contributed by atoms with van der Waals surface area (Å²) in [6.45, 7) is 9.69. The zero-order chi connectivity index (χ0) is 31.2. The van der Waals surface area contributed by atoms with Crippen molar-refractivity contribution in [2.24, 2.45) is 10.8 Å². The summed E-state index contributed by atoms with van der Waals surface area (Å²) in [7, 11) is 1.63. The van der Waals surface area contributed by atoms with Crippen molar-refractivity contribution in [3.05, 3.63) is 116 Å². The Balaban J connectivity index is 1.51. The van der Waals surface area contributed by atoms with Gasteiger partial charge in [0.1, 0.15) is 6.61 Å². The molecule has 3 aromatic carbocycles. The number of nitrogens with zero attached hydrogens (tertiary/aromatic N) is 1. The summed E-state index contributed by atoms with van der Waals surface area (Å²) in [4.78, 5) is 30.7. The number of Topliss-reactive ketones (excluding diaryl/α,β-unsaturated/α-hetero) is 2. The average molecular weight is 655 g/mol. The van der Waals surface area contributed by atoms with Gasteiger partial charge in [0.05, 0.1) is 11.6 Å². The van der Waals surface area contributed by atoms with E-state index < -0.39 is 5.92 Å². The van der Waals surface area contributed by atoms with Crippen LogP contribution in [0.2, 0.25) is 0 Å². The van der Waals surface area contributed by atoms with Gasteiger partial charge in [-0.05, 0) is 68.4 Å². The molecule has 3 aliphatic rings. The lowest BCUT2D eigenvalue weighted by molar-refractivity contribution is -0.119. The first-order chi connectivity index (χ1) is 21.0. The van der Waals surface area contributed by atoms with Crippen LogP contribution in [-0.4, -0.2) is 23.6 Å². The van der Waals surface area contributed by atoms with Crippen LogP contribution >= 0.6 is 15.9 Å². The first-order valence-corrected chi connectivity index (χ1v) is 16.1. The normalized spacial score (nSPS) is 19.5. The van der Waals surface area contributed by atoms with E-state index in [1.165, 1.54) is 0 Å². The van der Waals surface area contributed by atoms with Crippen LogP contribution in [0.15, 0.2) is 99.8 Å². The number of hydrogen-bond donors (Lipinski definition) is 0. The predicted molar refractivity (Wildman–Crippen MR) is 176 cm³/mol. The number of carbonyl (C=O) groups is 2. The number of ether oxygens (including phenoxy) is 2. The van der Waals surface area contributed by atoms with Gasteiger partial charge >= 0.3 is 0 Å². The van der Waals surface area contributed by atoms with Gasteiger partial charge in [-0.2, -0.15) is 0 Å². The van der Waals surface area contributed by atoms with E-state index in [0.29, 0.717) is 37.5 Å². The molecule has 0 spiro atoms. The first kappa shape index (κ1) is 30.4. The van der Waals surface area contributed by atoms with Crippen molar-refractivity contribution in [3.8, 4) is 11.5 Å². The SMILES string of the molecule is COc1cc(C2C3=C(CC(C)(C)CC3=O)N(Cc3ccccc3)C3=C2C(=O)CC(C)(C)C3)cc(Br)c1OCc1ccccc1. The molecule has 0 aromatic heterocycles. The molecule has 0 atom stereocenters. The van der Waals surface area contributed by atoms with E-state index in [4.69, 9.17) is 9.47 Å². The molecule has 0 radical (unpaired) electrons. The van der Waals surface area contributed by atoms with E-state index in [2.05, 4.69) is 60.7 Å². The van der Waals surface area contributed by atoms with E-state index in [-0.39, 0.29) is 22.4 Å². The van der Waals surface area contributed by atoms with Crippen LogP contribution in [0.25, 0.3) is 0 Å². The predicted octanol–water partition coefficient (Wildman–Crippen LogP) is 8.92. The van der Waals surface area contributed by atoms with Crippen molar-refractivity contribution in [2.45, 2.75) is 72.4 Å². The summed E-state index contributed by atoms with van der Waals surface area (Å²) >= 11 is 3.76. The van der Waals surface area contributed by atoms with Crippen molar-refractivity contribution < 1.29 is 19.1 Å². The van der Waals surface area contributed by atoms with Crippen molar-refractivity contribution in [2.75, 3.05) is 7.11 Å². The van der Waals surface area contributed by atoms with Gasteiger partial charge in [0.2, 0.25) is 0 Å². The summed E-state index contributed by atoms with van der Waals surface area (Å²) in [6.07, 6.45) is 2.42. The van der Waals surface area contributed by atoms with E-state index in [0.717, 1.165) is 56.5 Å². The Morgan fingerprint density at radius 1 is 0.773 bits per heavy atom. The topological polar surface area (TPSA) is 55.8 Å². The molecule has 6 rings (SSSR count). The third-order valence-electron chi connectivity index (χ3n) is 9.02. The summed E-state index contributed by atoms with van der Waals surface area (Å²) in [5.74, 6) is 0.921. The maximum absolute atomic E-state index is 14.2. The summed E-state index contributed by atoms with van der Waals surface area (Å²) in [6, 6.07) is 24.3. The van der Waals surface area contributed by atoms with Crippen LogP contribution < -0.4 is 9.47 Å². The van der Waals surface area contributed by atoms with Crippen LogP contribution in [0.1, 0.15) is 76.0 Å². The molecule has 0 saturated heterocycles. The van der Waals surface area contributed by atoms with Gasteiger partial charge in [-0.1, -0.05) is 88.4 Å². The minimum Gasteiger partial charge on any atom is -0.493 e. The van der Waals surface area contributed by atoms with Crippen molar-refractivity contribution in [1.29, 1.82) is 0 Å². The zero-order valence-corrected chi connectivity index (χ0v) is 27.8. The Morgan fingerprint density at radius 3 is 1.82 bits per heavy atom. The highest BCUT2D eigenvalue weighted by molar-refractivity contribution is 9.10. The molecule has 0 N–H and O–H groups in total. The number of carbonyl (C=O) groups excluding carboxylic acids is 2. The number of hydrogen-bond acceptors (Lipinski definition) is 5. The van der Waals surface area contributed by atoms with Crippen LogP contribution in [0, 0.1) is 10.8 Å². The first-order valence-electron chi connectivity index (χ1n) is 15.3. The smallest absolute Gasteiger partial charge is 0.175 e. The van der Waals surface area contributed by atoms with Gasteiger partial charge in [0.25, 0.3) is 0 Å². The van der Waals surface area contributed by atoms with Gasteiger partial charge in [-0.25, -0.2) is 0 Å². The van der Waals surface area contributed by atoms with Gasteiger partial charge in [0, 0.05) is 47.8 Å². The second kappa shape index (κ2) is 11.7. The Morgan fingerprint density at radius 2 is 1.30 bits per heavy atom. The monoisotopic (exact) mass is 653 g/mol. The van der Waals surface area contributed by atoms with E-state index in [1.54, 1.807) is 7.11 Å². The summed E-state index contributed by atoms with van der Waals surface area (Å²) < 4.78 is 12.8. The van der Waals surface area contributed by atoms with Gasteiger partial charge < -0.3 is 14.4 Å². The molecule has 0 fully saturated rings. The molecule has 6 heteroatoms. The third kappa shape index (κ3) is 5.89. The number of rotatable bonds is 7. The quantitative estimate of drug-likeness (QED) is 0.255. The molecule has 0 bridgehead atoms. The highest BCUT2D eigenvalue weighted by atomic mass is 79.9. The number of benzene rings is 3. The number of methoxy groups -OCH3 is 1. The second-order valence-electron chi connectivity index (χ2n) is 13.9. The number of ketones is 2. The van der Waals surface area contributed by atoms with Gasteiger partial charge in [-0.3, -0.25) is 9.59 Å². The van der Waals surface area contributed by atoms with Crippen molar-refractivity contribution in [1.82, 2.24) is 4.90 Å². The lowest BCUT2D eigenvalue weighted by Crippen LogP contribution is -2.44. The summed E-state index contributed by atoms with van der Waals surface area (Å²) in [5.41, 5.74) is 6.28. The fourth-order valence-electron chi connectivity index (χ4n) is 7.11. The molecule has 1 heterocycles. The molecule has 1 aliphatic heterocycles. The molecular formula is C38H40BrNO4. The standard InChI is InChI=1S/C38H40BrNO4/c1-37(2)18-28-34(30(41)20-37)33(26-16-27(39)36(32(17-26)43-5)44-23-25-14-10-7-11-15-25)35-29(19-38(3,4)21-31(35)42)40(28)22-24-12-8-6-9-13-24/h6-17,33H,18-23H2,1-5H3. The number of halogens is 1. The molecule has 5 nitrogen and oxygen atoms in total. The molecule has 2 aliphatic carbocycles. The van der Waals surface area contributed by atoms with E-state index >= 15 is 0 Å². The minimum absolute atomic E-state index is 0.114. The Kier molecular flexibility index (Phi) is 8.08. The molecule has 44 heavy (non-hydrogen) atoms. The molecule has 0 unspecified atom stereocenters. The largest absolute Gasteiger partial charge is 0.493 e. The van der Waals surface area contributed by atoms with E-state index in [1.807, 2.05) is 60.7 Å². The minimum atomic E-state index is -0.465. The van der Waals surface area contributed by atoms with Crippen molar-refractivity contribution >= 4 is 27.5 Å². The lowest BCUT2D eigenvalue weighted by atomic mass is 9.63. The Hall–Kier alpha value is -3.64. The molecule has 0 saturated carbocycles. The number of allylic oxidation sites excluding steroid dienone is 4. The van der Waals surface area contributed by atoms with E-state index in [9.17, 15) is 9.59 Å². The lowest BCUT2D eigenvalue weighted by Gasteiger charge is -2.49. The molecule has 3 aromatic rings. The Bertz CT molecular complexity index is 1620. The second-order valence-corrected chi connectivity index (χ2v) is 14.8. The van der Waals surface area contributed by atoms with Crippen molar-refractivity contribution in [3.63, 3.8) is 0 Å². The molecule has 0 amide bonds. The van der Waals surface area contributed by atoms with Crippen LogP contribution in [0.3, 0.4) is 0 Å². The van der Waals surface area contributed by atoms with Gasteiger partial charge in [-0.15, -0.1) is 0 Å². The van der Waals surface area contributed by atoms with Crippen LogP contribution in [-0.2, 0) is 22.7 Å². The highest BCUT2D eigenvalue weighted by Gasteiger charge is 2.49. The molecular weight excluding hydrogens is 614 g/mol. The zero-order valence-electron chi connectivity index (χ0n) is 26.2. The van der Waals surface area contributed by atoms with Gasteiger partial charge in [0.15, 0.2) is 23.1 Å². The maximum atomic E-state index is 14.2. The summed E-state index contributed by atoms with van der Waals surface area (Å²) in [5, 5.41) is 0. The van der Waals surface area contributed by atoms with Crippen LogP contribution in [0.5, 0.6) is 11.5 Å². The highest BCUT2D eigenvalue weighted by Crippen LogP contribution is 2.55. The molecule has 228 valence electrons. The fraction of sp³-hybridized carbons (Fsp3) is 0.368. The Labute approximate surface area is 269 Å². The van der Waals surface area contributed by atoms with Crippen LogP contribution in [0.4, 0.5) is 0 Å².